The van der Waals surface area contributed by atoms with Crippen LogP contribution in [0.15, 0.2) is 72.8 Å². The molecule has 0 aliphatic heterocycles. The summed E-state index contributed by atoms with van der Waals surface area (Å²) in [5, 5.41) is 11.2. The number of benzene rings is 3. The third-order valence-corrected chi connectivity index (χ3v) is 5.75. The zero-order valence-electron chi connectivity index (χ0n) is 21.3. The van der Waals surface area contributed by atoms with Crippen molar-refractivity contribution in [2.24, 2.45) is 0 Å². The molecule has 0 aromatic heterocycles. The molecule has 0 radical (unpaired) electrons. The van der Waals surface area contributed by atoms with Gasteiger partial charge in [0.2, 0.25) is 0 Å². The van der Waals surface area contributed by atoms with Crippen LogP contribution >= 0.6 is 0 Å². The van der Waals surface area contributed by atoms with Gasteiger partial charge in [-0.3, -0.25) is 9.59 Å². The number of nitrogens with zero attached hydrogens (tertiary/aromatic N) is 1. The quantitative estimate of drug-likeness (QED) is 0.304. The molecule has 0 aliphatic rings. The molecular weight excluding hydrogens is 470 g/mol. The summed E-state index contributed by atoms with van der Waals surface area (Å²) in [5.41, 5.74) is 2.58. The third-order valence-electron chi connectivity index (χ3n) is 5.75. The normalized spacial score (nSPS) is 10.5. The molecule has 37 heavy (non-hydrogen) atoms. The molecule has 0 saturated heterocycles. The molecular formula is C28H33N5O4. The average molecular weight is 504 g/mol. The highest BCUT2D eigenvalue weighted by Crippen LogP contribution is 2.23. The Balaban J connectivity index is 1.54. The Bertz CT molecular complexity index is 1190. The second kappa shape index (κ2) is 13.6. The molecule has 3 aromatic carbocycles. The van der Waals surface area contributed by atoms with Crippen molar-refractivity contribution in [1.82, 2.24) is 10.2 Å². The molecule has 0 spiro atoms. The highest BCUT2D eigenvalue weighted by Gasteiger charge is 2.14. The number of nitrogens with one attached hydrogen (secondary N) is 4. The maximum Gasteiger partial charge on any atom is 0.323 e. The Morgan fingerprint density at radius 3 is 1.97 bits per heavy atom. The van der Waals surface area contributed by atoms with Crippen LogP contribution in [0, 0.1) is 0 Å². The van der Waals surface area contributed by atoms with Crippen molar-refractivity contribution in [1.29, 1.82) is 0 Å². The summed E-state index contributed by atoms with van der Waals surface area (Å²) in [6, 6.07) is 20.1. The predicted octanol–water partition coefficient (Wildman–Crippen LogP) is 4.66. The van der Waals surface area contributed by atoms with Gasteiger partial charge in [0.05, 0.1) is 12.7 Å². The van der Waals surface area contributed by atoms with Crippen molar-refractivity contribution in [3.63, 3.8) is 0 Å². The standard InChI is InChI=1S/C28H33N5O4/c1-4-33(5-2)18-17-29-27(35)24-16-15-23(19-25(24)37-3)32-28(36)31-22-13-11-21(12-14-22)30-26(34)20-9-7-6-8-10-20/h6-16,19H,4-5,17-18H2,1-3H3,(H,29,35)(H,30,34)(H2,31,32,36). The molecule has 9 nitrogen and oxygen atoms in total. The average Bonchev–Trinajstić information content (AvgIpc) is 2.92. The van der Waals surface area contributed by atoms with E-state index < -0.39 is 6.03 Å². The zero-order valence-corrected chi connectivity index (χ0v) is 21.3. The molecule has 0 fully saturated rings. The fraction of sp³-hybridized carbons (Fsp3) is 0.250. The van der Waals surface area contributed by atoms with Crippen LogP contribution in [0.4, 0.5) is 21.9 Å². The number of rotatable bonds is 11. The molecule has 0 aliphatic carbocycles. The molecule has 3 aromatic rings. The molecule has 4 amide bonds. The zero-order chi connectivity index (χ0) is 26.6. The lowest BCUT2D eigenvalue weighted by Gasteiger charge is -2.18. The van der Waals surface area contributed by atoms with E-state index in [4.69, 9.17) is 4.74 Å². The summed E-state index contributed by atoms with van der Waals surface area (Å²) in [6.07, 6.45) is 0. The summed E-state index contributed by atoms with van der Waals surface area (Å²) in [4.78, 5) is 39.6. The predicted molar refractivity (Wildman–Crippen MR) is 147 cm³/mol. The second-order valence-corrected chi connectivity index (χ2v) is 8.17. The summed E-state index contributed by atoms with van der Waals surface area (Å²) in [7, 11) is 1.48. The fourth-order valence-electron chi connectivity index (χ4n) is 3.64. The third kappa shape index (κ3) is 8.08. The number of urea groups is 1. The highest BCUT2D eigenvalue weighted by molar-refractivity contribution is 6.05. The second-order valence-electron chi connectivity index (χ2n) is 8.17. The Morgan fingerprint density at radius 1 is 0.757 bits per heavy atom. The molecule has 0 unspecified atom stereocenters. The van der Waals surface area contributed by atoms with Crippen molar-refractivity contribution in [2.75, 3.05) is 49.2 Å². The fourth-order valence-corrected chi connectivity index (χ4v) is 3.64. The van der Waals surface area contributed by atoms with E-state index in [0.29, 0.717) is 40.5 Å². The van der Waals surface area contributed by atoms with E-state index in [1.54, 1.807) is 66.7 Å². The van der Waals surface area contributed by atoms with Gasteiger partial charge >= 0.3 is 6.03 Å². The molecule has 4 N–H and O–H groups in total. The molecule has 0 atom stereocenters. The van der Waals surface area contributed by atoms with Crippen LogP contribution < -0.4 is 26.0 Å². The van der Waals surface area contributed by atoms with Gasteiger partial charge in [0.25, 0.3) is 11.8 Å². The van der Waals surface area contributed by atoms with E-state index in [9.17, 15) is 14.4 Å². The largest absolute Gasteiger partial charge is 0.496 e. The summed E-state index contributed by atoms with van der Waals surface area (Å²) >= 11 is 0. The number of carbonyl (C=O) groups is 3. The van der Waals surface area contributed by atoms with Gasteiger partial charge in [-0.1, -0.05) is 32.0 Å². The highest BCUT2D eigenvalue weighted by atomic mass is 16.5. The first-order valence-electron chi connectivity index (χ1n) is 12.2. The number of anilines is 3. The number of hydrogen-bond donors (Lipinski definition) is 4. The van der Waals surface area contributed by atoms with Crippen molar-refractivity contribution in [3.8, 4) is 5.75 Å². The van der Waals surface area contributed by atoms with Gasteiger partial charge in [-0.15, -0.1) is 0 Å². The molecule has 0 bridgehead atoms. The molecule has 0 heterocycles. The number of carbonyl (C=O) groups excluding carboxylic acids is 3. The van der Waals surface area contributed by atoms with Gasteiger partial charge in [-0.25, -0.2) is 4.79 Å². The van der Waals surface area contributed by atoms with E-state index in [-0.39, 0.29) is 11.8 Å². The topological polar surface area (TPSA) is 112 Å². The van der Waals surface area contributed by atoms with Gasteiger partial charge in [0.1, 0.15) is 5.75 Å². The maximum atomic E-state index is 12.6. The number of amides is 4. The van der Waals surface area contributed by atoms with Crippen molar-refractivity contribution in [3.05, 3.63) is 83.9 Å². The minimum atomic E-state index is -0.459. The molecule has 3 rings (SSSR count). The van der Waals surface area contributed by atoms with Gasteiger partial charge < -0.3 is 30.9 Å². The first-order valence-corrected chi connectivity index (χ1v) is 12.2. The van der Waals surface area contributed by atoms with Crippen molar-refractivity contribution >= 4 is 34.9 Å². The molecule has 9 heteroatoms. The number of methoxy groups -OCH3 is 1. The van der Waals surface area contributed by atoms with Crippen molar-refractivity contribution < 1.29 is 19.1 Å². The lowest BCUT2D eigenvalue weighted by atomic mass is 10.1. The molecule has 0 saturated carbocycles. The Kier molecular flexibility index (Phi) is 10.0. The smallest absolute Gasteiger partial charge is 0.323 e. The van der Waals surface area contributed by atoms with Crippen molar-refractivity contribution in [2.45, 2.75) is 13.8 Å². The number of ether oxygens (including phenoxy) is 1. The van der Waals surface area contributed by atoms with Crippen LogP contribution in [0.25, 0.3) is 0 Å². The monoisotopic (exact) mass is 503 g/mol. The Morgan fingerprint density at radius 2 is 1.35 bits per heavy atom. The number of hydrogen-bond acceptors (Lipinski definition) is 5. The van der Waals surface area contributed by atoms with Gasteiger partial charge in [-0.05, 0) is 61.6 Å². The van der Waals surface area contributed by atoms with Crippen LogP contribution in [0.1, 0.15) is 34.6 Å². The van der Waals surface area contributed by atoms with Gasteiger partial charge in [0, 0.05) is 41.8 Å². The van der Waals surface area contributed by atoms with Crippen LogP contribution in [0.2, 0.25) is 0 Å². The van der Waals surface area contributed by atoms with E-state index in [1.807, 2.05) is 6.07 Å². The van der Waals surface area contributed by atoms with Crippen LogP contribution in [-0.4, -0.2) is 56.0 Å². The summed E-state index contributed by atoms with van der Waals surface area (Å²) < 4.78 is 5.38. The lowest BCUT2D eigenvalue weighted by Crippen LogP contribution is -2.34. The van der Waals surface area contributed by atoms with E-state index in [0.717, 1.165) is 19.6 Å². The summed E-state index contributed by atoms with van der Waals surface area (Å²) in [5.74, 6) is -0.0925. The van der Waals surface area contributed by atoms with Crippen LogP contribution in [0.3, 0.4) is 0 Å². The van der Waals surface area contributed by atoms with Crippen LogP contribution in [-0.2, 0) is 0 Å². The lowest BCUT2D eigenvalue weighted by molar-refractivity contribution is 0.0945. The number of likely N-dealkylation sites (N-methyl/N-ethyl adjacent to an activating group) is 1. The van der Waals surface area contributed by atoms with Gasteiger partial charge in [0.15, 0.2) is 0 Å². The Labute approximate surface area is 217 Å². The molecule has 194 valence electrons. The minimum Gasteiger partial charge on any atom is -0.496 e. The van der Waals surface area contributed by atoms with Crippen LogP contribution in [0.5, 0.6) is 5.75 Å². The SMILES string of the molecule is CCN(CC)CCNC(=O)c1ccc(NC(=O)Nc2ccc(NC(=O)c3ccccc3)cc2)cc1OC. The first kappa shape index (κ1) is 27.2. The maximum absolute atomic E-state index is 12.6. The minimum absolute atomic E-state index is 0.214. The van der Waals surface area contributed by atoms with E-state index >= 15 is 0 Å². The Hall–Kier alpha value is -4.37. The van der Waals surface area contributed by atoms with E-state index in [2.05, 4.69) is 40.0 Å². The van der Waals surface area contributed by atoms with Gasteiger partial charge in [-0.2, -0.15) is 0 Å². The summed E-state index contributed by atoms with van der Waals surface area (Å²) in [6.45, 7) is 7.30. The first-order chi connectivity index (χ1) is 17.9. The van der Waals surface area contributed by atoms with E-state index in [1.165, 1.54) is 7.11 Å².